The van der Waals surface area contributed by atoms with Gasteiger partial charge >= 0.3 is 5.97 Å². The minimum Gasteiger partial charge on any atom is -0.478 e. The maximum Gasteiger partial charge on any atom is 0.335 e. The summed E-state index contributed by atoms with van der Waals surface area (Å²) in [5.41, 5.74) is 3.26. The molecule has 0 unspecified atom stereocenters. The Morgan fingerprint density at radius 1 is 1.06 bits per heavy atom. The van der Waals surface area contributed by atoms with Crippen molar-refractivity contribution in [2.24, 2.45) is 0 Å². The van der Waals surface area contributed by atoms with Crippen LogP contribution < -0.4 is 5.43 Å². The number of furan rings is 1. The van der Waals surface area contributed by atoms with E-state index in [1.165, 1.54) is 36.4 Å². The van der Waals surface area contributed by atoms with Gasteiger partial charge in [0.25, 0.3) is 11.8 Å². The van der Waals surface area contributed by atoms with Gasteiger partial charge < -0.3 is 9.52 Å². The fraction of sp³-hybridized carbons (Fsp3) is 0. The number of carboxylic acids is 1. The van der Waals surface area contributed by atoms with Crippen LogP contribution in [0.25, 0.3) is 17.4 Å². The number of aromatic carboxylic acids is 1. The number of halogens is 2. The second-order valence-corrected chi connectivity index (χ2v) is 9.19. The number of benzene rings is 2. The number of carbonyl (C=O) groups is 3. The van der Waals surface area contributed by atoms with Gasteiger partial charge in [-0.3, -0.25) is 15.0 Å². The molecule has 2 heterocycles. The third-order valence-electron chi connectivity index (χ3n) is 4.49. The summed E-state index contributed by atoms with van der Waals surface area (Å²) in [6.45, 7) is 0. The molecule has 7 nitrogen and oxygen atoms in total. The molecule has 2 aromatic carbocycles. The standard InChI is InChI=1S/C22H12Cl2N2O5S2/c23-13-4-1-11(2-5-13)19(27)25-26-20(28)18(33-22(26)32)10-14-6-8-17(31-14)15-9-12(21(29)30)3-7-16(15)24/h1-10H,(H,25,27)(H,29,30)/b18-10-. The summed E-state index contributed by atoms with van der Waals surface area (Å²) in [5, 5.41) is 11.0. The molecule has 3 aromatic rings. The molecule has 2 amide bonds. The lowest BCUT2D eigenvalue weighted by molar-refractivity contribution is -0.123. The van der Waals surface area contributed by atoms with E-state index in [0.29, 0.717) is 32.7 Å². The number of carboxylic acid groups (broad SMARTS) is 1. The number of amides is 2. The molecule has 11 heteroatoms. The molecule has 0 atom stereocenters. The van der Waals surface area contributed by atoms with Crippen LogP contribution in [-0.4, -0.2) is 32.2 Å². The van der Waals surface area contributed by atoms with Crippen LogP contribution in [-0.2, 0) is 4.79 Å². The minimum atomic E-state index is -1.09. The Morgan fingerprint density at radius 2 is 1.76 bits per heavy atom. The number of nitrogens with one attached hydrogen (secondary N) is 1. The molecule has 33 heavy (non-hydrogen) atoms. The van der Waals surface area contributed by atoms with Crippen LogP contribution in [0, 0.1) is 0 Å². The SMILES string of the molecule is O=C(O)c1ccc(Cl)c(-c2ccc(/C=C3\SC(=S)N(NC(=O)c4ccc(Cl)cc4)C3=O)o2)c1. The van der Waals surface area contributed by atoms with E-state index in [2.05, 4.69) is 5.43 Å². The summed E-state index contributed by atoms with van der Waals surface area (Å²) in [5.74, 6) is -1.47. The molecule has 1 aliphatic heterocycles. The van der Waals surface area contributed by atoms with E-state index in [0.717, 1.165) is 16.8 Å². The van der Waals surface area contributed by atoms with Gasteiger partial charge in [-0.25, -0.2) is 4.79 Å². The van der Waals surface area contributed by atoms with Gasteiger partial charge in [-0.15, -0.1) is 0 Å². The van der Waals surface area contributed by atoms with Gasteiger partial charge in [0.05, 0.1) is 15.5 Å². The Bertz CT molecular complexity index is 1330. The van der Waals surface area contributed by atoms with E-state index in [-0.39, 0.29) is 14.8 Å². The number of thioether (sulfide) groups is 1. The Labute approximate surface area is 206 Å². The van der Waals surface area contributed by atoms with Crippen molar-refractivity contribution < 1.29 is 23.9 Å². The Morgan fingerprint density at radius 3 is 2.45 bits per heavy atom. The molecular formula is C22H12Cl2N2O5S2. The van der Waals surface area contributed by atoms with Gasteiger partial charge in [0.15, 0.2) is 4.32 Å². The molecule has 0 bridgehead atoms. The van der Waals surface area contributed by atoms with Crippen LogP contribution in [0.5, 0.6) is 0 Å². The molecule has 0 spiro atoms. The second kappa shape index (κ2) is 9.40. The molecule has 0 radical (unpaired) electrons. The zero-order chi connectivity index (χ0) is 23.7. The zero-order valence-corrected chi connectivity index (χ0v) is 19.5. The quantitative estimate of drug-likeness (QED) is 0.339. The van der Waals surface area contributed by atoms with Crippen LogP contribution in [0.4, 0.5) is 0 Å². The molecule has 1 fully saturated rings. The molecule has 0 aliphatic carbocycles. The first-order chi connectivity index (χ1) is 15.7. The van der Waals surface area contributed by atoms with Gasteiger partial charge in [0.2, 0.25) is 0 Å². The van der Waals surface area contributed by atoms with E-state index in [9.17, 15) is 19.5 Å². The van der Waals surface area contributed by atoms with Crippen molar-refractivity contribution >= 4 is 75.4 Å². The fourth-order valence-electron chi connectivity index (χ4n) is 2.88. The average molecular weight is 519 g/mol. The van der Waals surface area contributed by atoms with Crippen molar-refractivity contribution in [3.63, 3.8) is 0 Å². The molecule has 1 aliphatic rings. The maximum atomic E-state index is 12.8. The van der Waals surface area contributed by atoms with Crippen molar-refractivity contribution in [1.29, 1.82) is 0 Å². The lowest BCUT2D eigenvalue weighted by Gasteiger charge is -2.15. The van der Waals surface area contributed by atoms with E-state index in [1.807, 2.05) is 0 Å². The Balaban J connectivity index is 1.53. The van der Waals surface area contributed by atoms with Gasteiger partial charge in [0, 0.05) is 22.2 Å². The van der Waals surface area contributed by atoms with Gasteiger partial charge in [-0.05, 0) is 66.8 Å². The van der Waals surface area contributed by atoms with E-state index < -0.39 is 17.8 Å². The summed E-state index contributed by atoms with van der Waals surface area (Å²) in [6, 6.07) is 13.7. The molecular weight excluding hydrogens is 507 g/mol. The number of hydrogen-bond acceptors (Lipinski definition) is 6. The van der Waals surface area contributed by atoms with Crippen LogP contribution >= 0.6 is 47.2 Å². The topological polar surface area (TPSA) is 99.9 Å². The fourth-order valence-corrected chi connectivity index (χ4v) is 4.38. The number of hydrazine groups is 1. The summed E-state index contributed by atoms with van der Waals surface area (Å²) in [7, 11) is 0. The zero-order valence-electron chi connectivity index (χ0n) is 16.4. The molecule has 1 saturated heterocycles. The first-order valence-corrected chi connectivity index (χ1v) is 11.2. The monoisotopic (exact) mass is 518 g/mol. The maximum absolute atomic E-state index is 12.8. The predicted octanol–water partition coefficient (Wildman–Crippen LogP) is 5.50. The Hall–Kier alpha value is -3.11. The summed E-state index contributed by atoms with van der Waals surface area (Å²) >= 11 is 18.2. The third-order valence-corrected chi connectivity index (χ3v) is 6.38. The highest BCUT2D eigenvalue weighted by atomic mass is 35.5. The smallest absolute Gasteiger partial charge is 0.335 e. The first-order valence-electron chi connectivity index (χ1n) is 9.20. The summed E-state index contributed by atoms with van der Waals surface area (Å²) in [6.07, 6.45) is 1.48. The largest absolute Gasteiger partial charge is 0.478 e. The third kappa shape index (κ3) is 4.96. The van der Waals surface area contributed by atoms with Crippen molar-refractivity contribution in [2.45, 2.75) is 0 Å². The van der Waals surface area contributed by atoms with Crippen LogP contribution in [0.1, 0.15) is 26.5 Å². The summed E-state index contributed by atoms with van der Waals surface area (Å²) in [4.78, 5) is 36.7. The molecule has 2 N–H and O–H groups in total. The van der Waals surface area contributed by atoms with Crippen molar-refractivity contribution in [3.8, 4) is 11.3 Å². The van der Waals surface area contributed by atoms with E-state index >= 15 is 0 Å². The molecule has 1 aromatic heterocycles. The van der Waals surface area contributed by atoms with Gasteiger partial charge in [-0.2, -0.15) is 5.01 Å². The minimum absolute atomic E-state index is 0.0599. The highest BCUT2D eigenvalue weighted by molar-refractivity contribution is 8.26. The normalized spacial score (nSPS) is 14.7. The number of nitrogens with zero attached hydrogens (tertiary/aromatic N) is 1. The Kier molecular flexibility index (Phi) is 6.57. The highest BCUT2D eigenvalue weighted by Gasteiger charge is 2.34. The van der Waals surface area contributed by atoms with E-state index in [1.54, 1.807) is 24.3 Å². The molecule has 0 saturated carbocycles. The number of thiocarbonyl (C=S) groups is 1. The number of hydrogen-bond donors (Lipinski definition) is 2. The lowest BCUT2D eigenvalue weighted by atomic mass is 10.1. The number of rotatable bonds is 5. The molecule has 166 valence electrons. The average Bonchev–Trinajstić information content (AvgIpc) is 3.34. The first kappa shape index (κ1) is 23.1. The number of carbonyl (C=O) groups excluding carboxylic acids is 2. The highest BCUT2D eigenvalue weighted by Crippen LogP contribution is 2.34. The van der Waals surface area contributed by atoms with Gasteiger partial charge in [0.1, 0.15) is 11.5 Å². The lowest BCUT2D eigenvalue weighted by Crippen LogP contribution is -2.44. The van der Waals surface area contributed by atoms with Crippen LogP contribution in [0.2, 0.25) is 10.0 Å². The molecule has 4 rings (SSSR count). The van der Waals surface area contributed by atoms with Gasteiger partial charge in [-0.1, -0.05) is 35.0 Å². The summed E-state index contributed by atoms with van der Waals surface area (Å²) < 4.78 is 5.90. The van der Waals surface area contributed by atoms with Crippen molar-refractivity contribution in [1.82, 2.24) is 10.4 Å². The van der Waals surface area contributed by atoms with Crippen molar-refractivity contribution in [3.05, 3.63) is 86.4 Å². The van der Waals surface area contributed by atoms with E-state index in [4.69, 9.17) is 39.8 Å². The predicted molar refractivity (Wildman–Crippen MR) is 130 cm³/mol. The van der Waals surface area contributed by atoms with Crippen LogP contribution in [0.15, 0.2) is 63.9 Å². The van der Waals surface area contributed by atoms with Crippen LogP contribution in [0.3, 0.4) is 0 Å². The van der Waals surface area contributed by atoms with Crippen molar-refractivity contribution in [2.75, 3.05) is 0 Å². The second-order valence-electron chi connectivity index (χ2n) is 6.67.